The Bertz CT molecular complexity index is 353. The molecule has 2 rings (SSSR count). The third-order valence-corrected chi connectivity index (χ3v) is 2.79. The van der Waals surface area contributed by atoms with Gasteiger partial charge < -0.3 is 5.73 Å². The second-order valence-corrected chi connectivity index (χ2v) is 3.93. The lowest BCUT2D eigenvalue weighted by Gasteiger charge is -2.36. The Morgan fingerprint density at radius 2 is 2.43 bits per heavy atom. The first kappa shape index (κ1) is 9.33. The number of nitrogens with two attached hydrogens (primary N) is 1. The summed E-state index contributed by atoms with van der Waals surface area (Å²) in [5.74, 6) is 0.0873. The fraction of sp³-hybridized carbons (Fsp3) is 0.667. The highest BCUT2D eigenvalue weighted by Crippen LogP contribution is 2.30. The number of carbonyl (C=O) groups is 1. The fourth-order valence-electron chi connectivity index (χ4n) is 1.65. The maximum Gasteiger partial charge on any atom is 0.158 e. The van der Waals surface area contributed by atoms with Crippen LogP contribution in [-0.2, 0) is 18.3 Å². The highest BCUT2D eigenvalue weighted by atomic mass is 16.1. The highest BCUT2D eigenvalue weighted by Gasteiger charge is 2.39. The van der Waals surface area contributed by atoms with E-state index in [4.69, 9.17) is 5.73 Å². The molecule has 76 valence electrons. The number of ketones is 1. The van der Waals surface area contributed by atoms with Crippen LogP contribution >= 0.6 is 0 Å². The molecule has 1 fully saturated rings. The highest BCUT2D eigenvalue weighted by molar-refractivity contribution is 5.90. The van der Waals surface area contributed by atoms with Gasteiger partial charge in [0, 0.05) is 7.05 Å². The summed E-state index contributed by atoms with van der Waals surface area (Å²) >= 11 is 0. The van der Waals surface area contributed by atoms with E-state index < -0.39 is 5.54 Å². The quantitative estimate of drug-likeness (QED) is 0.723. The van der Waals surface area contributed by atoms with Gasteiger partial charge in [0.2, 0.25) is 0 Å². The van der Waals surface area contributed by atoms with Gasteiger partial charge in [-0.3, -0.25) is 4.79 Å². The fourth-order valence-corrected chi connectivity index (χ4v) is 1.65. The average molecular weight is 194 g/mol. The topological polar surface area (TPSA) is 73.8 Å². The van der Waals surface area contributed by atoms with E-state index in [1.165, 1.54) is 4.80 Å². The lowest BCUT2D eigenvalue weighted by atomic mass is 9.73. The summed E-state index contributed by atoms with van der Waals surface area (Å²) in [6, 6.07) is 0. The van der Waals surface area contributed by atoms with Gasteiger partial charge >= 0.3 is 0 Å². The summed E-state index contributed by atoms with van der Waals surface area (Å²) in [6.07, 6.45) is 4.60. The summed E-state index contributed by atoms with van der Waals surface area (Å²) < 4.78 is 0. The SMILES string of the molecule is Cn1ncc(CC(=O)C2(N)CCC2)n1. The maximum atomic E-state index is 11.7. The van der Waals surface area contributed by atoms with E-state index in [9.17, 15) is 4.79 Å². The Kier molecular flexibility index (Phi) is 2.11. The summed E-state index contributed by atoms with van der Waals surface area (Å²) in [5, 5.41) is 7.96. The summed E-state index contributed by atoms with van der Waals surface area (Å²) in [6.45, 7) is 0. The van der Waals surface area contributed by atoms with Crippen LogP contribution in [0.5, 0.6) is 0 Å². The van der Waals surface area contributed by atoms with Crippen molar-refractivity contribution in [2.75, 3.05) is 0 Å². The normalized spacial score (nSPS) is 19.0. The molecule has 0 radical (unpaired) electrons. The Labute approximate surface area is 82.3 Å². The van der Waals surface area contributed by atoms with E-state index in [-0.39, 0.29) is 5.78 Å². The molecule has 1 aliphatic rings. The molecule has 0 aliphatic heterocycles. The Morgan fingerprint density at radius 1 is 1.71 bits per heavy atom. The smallest absolute Gasteiger partial charge is 0.158 e. The number of carbonyl (C=O) groups excluding carboxylic acids is 1. The minimum Gasteiger partial charge on any atom is -0.319 e. The predicted molar refractivity (Wildman–Crippen MR) is 50.5 cm³/mol. The second-order valence-electron chi connectivity index (χ2n) is 3.93. The van der Waals surface area contributed by atoms with Crippen LogP contribution in [-0.4, -0.2) is 26.3 Å². The standard InChI is InChI=1S/C9H14N4O/c1-13-11-6-7(12-13)5-8(14)9(10)3-2-4-9/h6H,2-5,10H2,1H3. The number of rotatable bonds is 3. The van der Waals surface area contributed by atoms with Gasteiger partial charge in [0.05, 0.1) is 23.9 Å². The molecule has 1 aromatic heterocycles. The van der Waals surface area contributed by atoms with Crippen molar-refractivity contribution < 1.29 is 4.79 Å². The van der Waals surface area contributed by atoms with Gasteiger partial charge in [-0.1, -0.05) is 0 Å². The van der Waals surface area contributed by atoms with Crippen molar-refractivity contribution in [2.45, 2.75) is 31.2 Å². The van der Waals surface area contributed by atoms with Gasteiger partial charge in [-0.25, -0.2) is 0 Å². The zero-order valence-corrected chi connectivity index (χ0v) is 8.23. The van der Waals surface area contributed by atoms with E-state index in [0.29, 0.717) is 12.1 Å². The third-order valence-electron chi connectivity index (χ3n) is 2.79. The molecule has 0 saturated heterocycles. The molecule has 1 aliphatic carbocycles. The molecule has 0 amide bonds. The van der Waals surface area contributed by atoms with Crippen LogP contribution in [0.4, 0.5) is 0 Å². The molecule has 0 bridgehead atoms. The summed E-state index contributed by atoms with van der Waals surface area (Å²) in [5.41, 5.74) is 6.03. The molecule has 5 nitrogen and oxygen atoms in total. The number of aromatic nitrogens is 3. The number of hydrogen-bond acceptors (Lipinski definition) is 4. The van der Waals surface area contributed by atoms with Gasteiger partial charge in [-0.15, -0.1) is 0 Å². The van der Waals surface area contributed by atoms with E-state index in [1.807, 2.05) is 0 Å². The molecule has 5 heteroatoms. The van der Waals surface area contributed by atoms with Crippen LogP contribution in [0.3, 0.4) is 0 Å². The van der Waals surface area contributed by atoms with E-state index in [1.54, 1.807) is 13.2 Å². The molecule has 14 heavy (non-hydrogen) atoms. The Hall–Kier alpha value is -1.23. The summed E-state index contributed by atoms with van der Waals surface area (Å²) in [7, 11) is 1.73. The molecule has 0 unspecified atom stereocenters. The Morgan fingerprint density at radius 3 is 2.86 bits per heavy atom. The number of nitrogens with zero attached hydrogens (tertiary/aromatic N) is 3. The van der Waals surface area contributed by atoms with Gasteiger partial charge in [0.15, 0.2) is 5.78 Å². The van der Waals surface area contributed by atoms with Crippen molar-refractivity contribution in [2.24, 2.45) is 12.8 Å². The first-order chi connectivity index (χ1) is 6.60. The van der Waals surface area contributed by atoms with Crippen molar-refractivity contribution in [3.05, 3.63) is 11.9 Å². The van der Waals surface area contributed by atoms with Crippen LogP contribution in [0.15, 0.2) is 6.20 Å². The minimum atomic E-state index is -0.572. The largest absolute Gasteiger partial charge is 0.319 e. The van der Waals surface area contributed by atoms with Crippen LogP contribution in [0.25, 0.3) is 0 Å². The number of hydrogen-bond donors (Lipinski definition) is 1. The Balaban J connectivity index is 2.01. The van der Waals surface area contributed by atoms with Gasteiger partial charge in [-0.2, -0.15) is 15.0 Å². The first-order valence-corrected chi connectivity index (χ1v) is 4.77. The van der Waals surface area contributed by atoms with Crippen molar-refractivity contribution in [3.8, 4) is 0 Å². The number of Topliss-reactive ketones (excluding diaryl/α,β-unsaturated/α-hetero) is 1. The van der Waals surface area contributed by atoms with Crippen molar-refractivity contribution in [3.63, 3.8) is 0 Å². The predicted octanol–water partition coefficient (Wildman–Crippen LogP) is -0.192. The lowest BCUT2D eigenvalue weighted by molar-refractivity contribution is -0.126. The lowest BCUT2D eigenvalue weighted by Crippen LogP contribution is -2.54. The molecular formula is C9H14N4O. The van der Waals surface area contributed by atoms with E-state index in [0.717, 1.165) is 19.3 Å². The van der Waals surface area contributed by atoms with Crippen molar-refractivity contribution in [1.29, 1.82) is 0 Å². The monoisotopic (exact) mass is 194 g/mol. The zero-order valence-electron chi connectivity index (χ0n) is 8.23. The summed E-state index contributed by atoms with van der Waals surface area (Å²) in [4.78, 5) is 13.2. The molecule has 0 spiro atoms. The number of aryl methyl sites for hydroxylation is 1. The van der Waals surface area contributed by atoms with Crippen LogP contribution in [0, 0.1) is 0 Å². The maximum absolute atomic E-state index is 11.7. The first-order valence-electron chi connectivity index (χ1n) is 4.77. The average Bonchev–Trinajstić information content (AvgIpc) is 2.47. The van der Waals surface area contributed by atoms with Crippen LogP contribution < -0.4 is 5.73 Å². The van der Waals surface area contributed by atoms with E-state index >= 15 is 0 Å². The molecule has 1 aromatic rings. The zero-order chi connectivity index (χ0) is 10.2. The molecular weight excluding hydrogens is 180 g/mol. The molecule has 1 saturated carbocycles. The molecule has 0 aromatic carbocycles. The molecule has 0 atom stereocenters. The van der Waals surface area contributed by atoms with Gasteiger partial charge in [0.1, 0.15) is 0 Å². The molecule has 2 N–H and O–H groups in total. The minimum absolute atomic E-state index is 0.0873. The van der Waals surface area contributed by atoms with Gasteiger partial charge in [-0.05, 0) is 19.3 Å². The van der Waals surface area contributed by atoms with Crippen molar-refractivity contribution >= 4 is 5.78 Å². The molecule has 1 heterocycles. The van der Waals surface area contributed by atoms with Crippen LogP contribution in [0.2, 0.25) is 0 Å². The van der Waals surface area contributed by atoms with Crippen molar-refractivity contribution in [1.82, 2.24) is 15.0 Å². The third kappa shape index (κ3) is 1.55. The van der Waals surface area contributed by atoms with Gasteiger partial charge in [0.25, 0.3) is 0 Å². The van der Waals surface area contributed by atoms with E-state index in [2.05, 4.69) is 10.2 Å². The second kappa shape index (κ2) is 3.16. The van der Waals surface area contributed by atoms with Crippen LogP contribution in [0.1, 0.15) is 25.0 Å².